The van der Waals surface area contributed by atoms with E-state index >= 15 is 0 Å². The summed E-state index contributed by atoms with van der Waals surface area (Å²) in [5.41, 5.74) is 0.772. The normalized spacial score (nSPS) is 13.2. The van der Waals surface area contributed by atoms with Gasteiger partial charge in [0.2, 0.25) is 0 Å². The van der Waals surface area contributed by atoms with Crippen LogP contribution in [0.5, 0.6) is 0 Å². The van der Waals surface area contributed by atoms with Crippen LogP contribution in [0.2, 0.25) is 0 Å². The lowest BCUT2D eigenvalue weighted by Crippen LogP contribution is -2.32. The minimum Gasteiger partial charge on any atom is -0.456 e. The number of fused-ring (bicyclic) bond motifs is 1. The quantitative estimate of drug-likeness (QED) is 0.567. The van der Waals surface area contributed by atoms with Crippen molar-refractivity contribution < 1.29 is 23.9 Å². The number of carbonyl (C=O) groups excluding carboxylic acids is 4. The van der Waals surface area contributed by atoms with Gasteiger partial charge in [0, 0.05) is 19.5 Å². The van der Waals surface area contributed by atoms with Gasteiger partial charge in [0.15, 0.2) is 6.61 Å². The number of hydrogen-bond acceptors (Lipinski definition) is 5. The Kier molecular flexibility index (Phi) is 6.27. The Labute approximate surface area is 146 Å². The lowest BCUT2D eigenvalue weighted by Gasteiger charge is -2.13. The Morgan fingerprint density at radius 2 is 1.72 bits per heavy atom. The fourth-order valence-electron chi connectivity index (χ4n) is 2.41. The van der Waals surface area contributed by atoms with Gasteiger partial charge in [0.1, 0.15) is 0 Å². The molecule has 1 aromatic rings. The highest BCUT2D eigenvalue weighted by atomic mass is 16.5. The van der Waals surface area contributed by atoms with Crippen molar-refractivity contribution in [1.82, 2.24) is 10.2 Å². The first-order valence-electron chi connectivity index (χ1n) is 8.27. The summed E-state index contributed by atoms with van der Waals surface area (Å²) < 4.78 is 4.88. The maximum Gasteiger partial charge on any atom is 0.306 e. The zero-order valence-electron chi connectivity index (χ0n) is 14.4. The number of rotatable bonds is 8. The van der Waals surface area contributed by atoms with Gasteiger partial charge in [-0.3, -0.25) is 24.1 Å². The first kappa shape index (κ1) is 18.6. The van der Waals surface area contributed by atoms with Crippen molar-refractivity contribution in [3.05, 3.63) is 35.4 Å². The molecule has 0 aromatic heterocycles. The number of esters is 1. The van der Waals surface area contributed by atoms with Crippen LogP contribution in [0.15, 0.2) is 24.3 Å². The Balaban J connectivity index is 1.71. The van der Waals surface area contributed by atoms with Gasteiger partial charge in [0.05, 0.1) is 11.1 Å². The van der Waals surface area contributed by atoms with E-state index in [2.05, 4.69) is 5.32 Å². The summed E-state index contributed by atoms with van der Waals surface area (Å²) in [6, 6.07) is 6.63. The van der Waals surface area contributed by atoms with Crippen LogP contribution in [0.1, 0.15) is 47.4 Å². The summed E-state index contributed by atoms with van der Waals surface area (Å²) in [7, 11) is 0. The number of nitrogens with zero attached hydrogens (tertiary/aromatic N) is 1. The van der Waals surface area contributed by atoms with E-state index in [-0.39, 0.29) is 43.7 Å². The van der Waals surface area contributed by atoms with Crippen molar-refractivity contribution in [1.29, 1.82) is 0 Å². The molecular formula is C18H22N2O5. The first-order chi connectivity index (χ1) is 11.9. The van der Waals surface area contributed by atoms with E-state index in [4.69, 9.17) is 4.74 Å². The first-order valence-corrected chi connectivity index (χ1v) is 8.27. The summed E-state index contributed by atoms with van der Waals surface area (Å²) in [6.45, 7) is 4.27. The van der Waals surface area contributed by atoms with E-state index < -0.39 is 5.97 Å². The number of imide groups is 1. The second kappa shape index (κ2) is 8.41. The molecule has 0 unspecified atom stereocenters. The fraction of sp³-hybridized carbons (Fsp3) is 0.444. The number of hydrogen-bond donors (Lipinski definition) is 1. The predicted octanol–water partition coefficient (Wildman–Crippen LogP) is 1.38. The SMILES string of the molecule is CC(C)CNC(=O)COC(=O)CCCN1C(=O)c2ccccc2C1=O. The molecule has 0 atom stereocenters. The molecule has 1 heterocycles. The molecule has 0 saturated carbocycles. The van der Waals surface area contributed by atoms with E-state index in [1.807, 2.05) is 13.8 Å². The molecule has 1 aromatic carbocycles. The largest absolute Gasteiger partial charge is 0.456 e. The van der Waals surface area contributed by atoms with Gasteiger partial charge < -0.3 is 10.1 Å². The number of ether oxygens (including phenoxy) is 1. The zero-order chi connectivity index (χ0) is 18.4. The van der Waals surface area contributed by atoms with E-state index in [9.17, 15) is 19.2 Å². The summed E-state index contributed by atoms with van der Waals surface area (Å²) in [5.74, 6) is -1.25. The average Bonchev–Trinajstić information content (AvgIpc) is 2.83. The van der Waals surface area contributed by atoms with Gasteiger partial charge in [-0.25, -0.2) is 0 Å². The Bertz CT molecular complexity index is 649. The third kappa shape index (κ3) is 4.89. The molecule has 25 heavy (non-hydrogen) atoms. The van der Waals surface area contributed by atoms with Crippen molar-refractivity contribution in [3.63, 3.8) is 0 Å². The number of carbonyl (C=O) groups is 4. The van der Waals surface area contributed by atoms with E-state index in [0.717, 1.165) is 4.90 Å². The molecule has 134 valence electrons. The molecule has 1 N–H and O–H groups in total. The molecule has 0 aliphatic carbocycles. The average molecular weight is 346 g/mol. The standard InChI is InChI=1S/C18H22N2O5/c1-12(2)10-19-15(21)11-25-16(22)8-5-9-20-17(23)13-6-3-4-7-14(13)18(20)24/h3-4,6-7,12H,5,8-11H2,1-2H3,(H,19,21). The molecule has 7 nitrogen and oxygen atoms in total. The molecule has 2 rings (SSSR count). The smallest absolute Gasteiger partial charge is 0.306 e. The topological polar surface area (TPSA) is 92.8 Å². The summed E-state index contributed by atoms with van der Waals surface area (Å²) >= 11 is 0. The van der Waals surface area contributed by atoms with Gasteiger partial charge >= 0.3 is 5.97 Å². The molecule has 0 spiro atoms. The molecule has 0 fully saturated rings. The lowest BCUT2D eigenvalue weighted by molar-refractivity contribution is -0.148. The van der Waals surface area contributed by atoms with Crippen LogP contribution in [-0.4, -0.2) is 48.3 Å². The highest BCUT2D eigenvalue weighted by Gasteiger charge is 2.34. The van der Waals surface area contributed by atoms with Crippen molar-refractivity contribution >= 4 is 23.7 Å². The van der Waals surface area contributed by atoms with Crippen molar-refractivity contribution in [2.24, 2.45) is 5.92 Å². The monoisotopic (exact) mass is 346 g/mol. The zero-order valence-corrected chi connectivity index (χ0v) is 14.4. The number of nitrogens with one attached hydrogen (secondary N) is 1. The van der Waals surface area contributed by atoms with Crippen LogP contribution in [0.4, 0.5) is 0 Å². The summed E-state index contributed by atoms with van der Waals surface area (Å²) in [6.07, 6.45) is 0.322. The van der Waals surface area contributed by atoms with Crippen molar-refractivity contribution in [2.45, 2.75) is 26.7 Å². The van der Waals surface area contributed by atoms with Crippen LogP contribution in [0, 0.1) is 5.92 Å². The minimum atomic E-state index is -0.531. The molecule has 0 bridgehead atoms. The highest BCUT2D eigenvalue weighted by Crippen LogP contribution is 2.22. The second-order valence-corrected chi connectivity index (χ2v) is 6.27. The second-order valence-electron chi connectivity index (χ2n) is 6.27. The maximum atomic E-state index is 12.2. The minimum absolute atomic E-state index is 0.0326. The lowest BCUT2D eigenvalue weighted by atomic mass is 10.1. The molecule has 1 aliphatic rings. The van der Waals surface area contributed by atoms with E-state index in [1.54, 1.807) is 24.3 Å². The van der Waals surface area contributed by atoms with Crippen LogP contribution in [0.25, 0.3) is 0 Å². The molecular weight excluding hydrogens is 324 g/mol. The molecule has 0 radical (unpaired) electrons. The van der Waals surface area contributed by atoms with Crippen LogP contribution in [-0.2, 0) is 14.3 Å². The van der Waals surface area contributed by atoms with Crippen LogP contribution in [0.3, 0.4) is 0 Å². The Morgan fingerprint density at radius 3 is 2.28 bits per heavy atom. The van der Waals surface area contributed by atoms with E-state index in [1.165, 1.54) is 0 Å². The van der Waals surface area contributed by atoms with Gasteiger partial charge in [-0.05, 0) is 24.5 Å². The van der Waals surface area contributed by atoms with Gasteiger partial charge in [-0.15, -0.1) is 0 Å². The fourth-order valence-corrected chi connectivity index (χ4v) is 2.41. The number of benzene rings is 1. The summed E-state index contributed by atoms with van der Waals surface area (Å²) in [4.78, 5) is 48.6. The van der Waals surface area contributed by atoms with Crippen molar-refractivity contribution in [2.75, 3.05) is 19.7 Å². The molecule has 3 amide bonds. The molecule has 7 heteroatoms. The van der Waals surface area contributed by atoms with Gasteiger partial charge in [0.25, 0.3) is 17.7 Å². The van der Waals surface area contributed by atoms with Gasteiger partial charge in [-0.2, -0.15) is 0 Å². The summed E-state index contributed by atoms with van der Waals surface area (Å²) in [5, 5.41) is 2.65. The third-order valence-electron chi connectivity index (χ3n) is 3.71. The van der Waals surface area contributed by atoms with Crippen LogP contribution >= 0.6 is 0 Å². The van der Waals surface area contributed by atoms with E-state index in [0.29, 0.717) is 23.6 Å². The molecule has 1 aliphatic heterocycles. The third-order valence-corrected chi connectivity index (χ3v) is 3.71. The van der Waals surface area contributed by atoms with Crippen molar-refractivity contribution in [3.8, 4) is 0 Å². The highest BCUT2D eigenvalue weighted by molar-refractivity contribution is 6.21. The van der Waals surface area contributed by atoms with Gasteiger partial charge in [-0.1, -0.05) is 26.0 Å². The molecule has 0 saturated heterocycles. The Hall–Kier alpha value is -2.70. The van der Waals surface area contributed by atoms with Crippen LogP contribution < -0.4 is 5.32 Å². The maximum absolute atomic E-state index is 12.2. The Morgan fingerprint density at radius 1 is 1.12 bits per heavy atom. The predicted molar refractivity (Wildman–Crippen MR) is 89.8 cm³/mol. The number of amides is 3.